The third-order valence-electron chi connectivity index (χ3n) is 4.95. The normalized spacial score (nSPS) is 11.7. The first-order valence-electron chi connectivity index (χ1n) is 11.1. The number of amides is 2. The van der Waals surface area contributed by atoms with Crippen molar-refractivity contribution in [1.82, 2.24) is 10.7 Å². The third-order valence-corrected chi connectivity index (χ3v) is 5.96. The molecule has 2 N–H and O–H groups in total. The molecule has 0 spiro atoms. The maximum absolute atomic E-state index is 12.1. The van der Waals surface area contributed by atoms with Crippen molar-refractivity contribution in [2.75, 3.05) is 12.4 Å². The van der Waals surface area contributed by atoms with Gasteiger partial charge in [-0.25, -0.2) is 5.43 Å². The van der Waals surface area contributed by atoms with Crippen molar-refractivity contribution in [1.29, 1.82) is 0 Å². The van der Waals surface area contributed by atoms with Crippen LogP contribution in [-0.2, 0) is 9.59 Å². The largest absolute Gasteiger partial charge is 0.484 e. The molecule has 0 aliphatic heterocycles. The van der Waals surface area contributed by atoms with Crippen LogP contribution in [0, 0.1) is 6.92 Å². The van der Waals surface area contributed by atoms with Gasteiger partial charge < -0.3 is 10.1 Å². The predicted molar refractivity (Wildman–Crippen MR) is 137 cm³/mol. The Morgan fingerprint density at radius 3 is 2.38 bits per heavy atom. The van der Waals surface area contributed by atoms with E-state index >= 15 is 0 Å². The second-order valence-corrected chi connectivity index (χ2v) is 8.93. The Morgan fingerprint density at radius 1 is 0.971 bits per heavy atom. The molecular weight excluding hydrogens is 446 g/mol. The number of hydrazone groups is 1. The maximum atomic E-state index is 12.1. The topological polar surface area (TPSA) is 79.8 Å². The van der Waals surface area contributed by atoms with Crippen LogP contribution >= 0.6 is 11.8 Å². The molecule has 0 heterocycles. The van der Waals surface area contributed by atoms with E-state index in [-0.39, 0.29) is 24.5 Å². The summed E-state index contributed by atoms with van der Waals surface area (Å²) in [5, 5.41) is 6.92. The Bertz CT molecular complexity index is 1080. The standard InChI is InChI=1S/C27H29N3O3S/c1-20-8-14-25(15-9-20)34-17-16-26(31)30-28-18-22-10-12-24(13-11-22)33-19-27(32)29-21(2)23-6-4-3-5-7-23/h3-15,18,21H,16-17,19H2,1-2H3,(H,29,32)(H,30,31)/b28-18+. The van der Waals surface area contributed by atoms with Crippen molar-refractivity contribution in [3.63, 3.8) is 0 Å². The van der Waals surface area contributed by atoms with Crippen LogP contribution < -0.4 is 15.5 Å². The van der Waals surface area contributed by atoms with Crippen LogP contribution in [0.4, 0.5) is 0 Å². The van der Waals surface area contributed by atoms with Gasteiger partial charge in [0.05, 0.1) is 12.3 Å². The SMILES string of the molecule is Cc1ccc(SCCC(=O)N/N=C/c2ccc(OCC(=O)NC(C)c3ccccc3)cc2)cc1. The van der Waals surface area contributed by atoms with Crippen LogP contribution in [-0.4, -0.2) is 30.4 Å². The number of nitrogens with one attached hydrogen (secondary N) is 2. The highest BCUT2D eigenvalue weighted by Crippen LogP contribution is 2.19. The summed E-state index contributed by atoms with van der Waals surface area (Å²) in [6.45, 7) is 3.91. The van der Waals surface area contributed by atoms with E-state index in [1.54, 1.807) is 30.1 Å². The smallest absolute Gasteiger partial charge is 0.258 e. The molecule has 0 fully saturated rings. The minimum atomic E-state index is -0.190. The van der Waals surface area contributed by atoms with Crippen LogP contribution in [0.15, 0.2) is 88.9 Å². The first-order chi connectivity index (χ1) is 16.5. The first-order valence-corrected chi connectivity index (χ1v) is 12.1. The van der Waals surface area contributed by atoms with Crippen molar-refractivity contribution in [3.05, 3.63) is 95.6 Å². The molecule has 0 saturated carbocycles. The average Bonchev–Trinajstić information content (AvgIpc) is 2.85. The number of rotatable bonds is 11. The fourth-order valence-electron chi connectivity index (χ4n) is 3.04. The molecule has 1 unspecified atom stereocenters. The summed E-state index contributed by atoms with van der Waals surface area (Å²) in [7, 11) is 0. The zero-order chi connectivity index (χ0) is 24.2. The lowest BCUT2D eigenvalue weighted by Gasteiger charge is -2.14. The lowest BCUT2D eigenvalue weighted by molar-refractivity contribution is -0.123. The molecule has 0 aromatic heterocycles. The highest BCUT2D eigenvalue weighted by molar-refractivity contribution is 7.99. The van der Waals surface area contributed by atoms with E-state index in [0.717, 1.165) is 16.0 Å². The molecule has 0 saturated heterocycles. The molecule has 1 atom stereocenters. The lowest BCUT2D eigenvalue weighted by Crippen LogP contribution is -2.31. The first kappa shape index (κ1) is 25.1. The molecule has 0 aliphatic carbocycles. The molecule has 0 radical (unpaired) electrons. The Balaban J connectivity index is 1.34. The molecule has 34 heavy (non-hydrogen) atoms. The van der Waals surface area contributed by atoms with Crippen LogP contribution in [0.1, 0.15) is 36.1 Å². The second-order valence-electron chi connectivity index (χ2n) is 7.76. The second kappa shape index (κ2) is 13.2. The quantitative estimate of drug-likeness (QED) is 0.235. The Morgan fingerprint density at radius 2 is 1.68 bits per heavy atom. The molecule has 3 rings (SSSR count). The molecular formula is C27H29N3O3S. The van der Waals surface area contributed by atoms with Gasteiger partial charge in [0.2, 0.25) is 5.91 Å². The summed E-state index contributed by atoms with van der Waals surface area (Å²) in [5.41, 5.74) is 5.61. The van der Waals surface area contributed by atoms with E-state index in [4.69, 9.17) is 4.74 Å². The number of ether oxygens (including phenoxy) is 1. The number of hydrogen-bond donors (Lipinski definition) is 2. The van der Waals surface area contributed by atoms with Gasteiger partial charge in [-0.05, 0) is 61.4 Å². The Hall–Kier alpha value is -3.58. The predicted octanol–water partition coefficient (Wildman–Crippen LogP) is 4.88. The maximum Gasteiger partial charge on any atom is 0.258 e. The van der Waals surface area contributed by atoms with Gasteiger partial charge in [0.1, 0.15) is 5.75 Å². The highest BCUT2D eigenvalue weighted by atomic mass is 32.2. The number of nitrogens with zero attached hydrogens (tertiary/aromatic N) is 1. The number of thioether (sulfide) groups is 1. The molecule has 7 heteroatoms. The van der Waals surface area contributed by atoms with E-state index in [0.29, 0.717) is 17.9 Å². The Labute approximate surface area is 204 Å². The summed E-state index contributed by atoms with van der Waals surface area (Å²) in [6.07, 6.45) is 1.96. The third kappa shape index (κ3) is 8.75. The molecule has 2 amide bonds. The fraction of sp³-hybridized carbons (Fsp3) is 0.222. The van der Waals surface area contributed by atoms with Crippen molar-refractivity contribution in [2.45, 2.75) is 31.2 Å². The average molecular weight is 476 g/mol. The van der Waals surface area contributed by atoms with Crippen molar-refractivity contribution >= 4 is 29.8 Å². The molecule has 3 aromatic rings. The number of carbonyl (C=O) groups excluding carboxylic acids is 2. The van der Waals surface area contributed by atoms with Gasteiger partial charge in [-0.1, -0.05) is 48.0 Å². The minimum absolute atomic E-state index is 0.0682. The number of aryl methyl sites for hydroxylation is 1. The van der Waals surface area contributed by atoms with Crippen molar-refractivity contribution < 1.29 is 14.3 Å². The van der Waals surface area contributed by atoms with Crippen LogP contribution in [0.5, 0.6) is 5.75 Å². The van der Waals surface area contributed by atoms with E-state index in [2.05, 4.69) is 40.1 Å². The minimum Gasteiger partial charge on any atom is -0.484 e. The van der Waals surface area contributed by atoms with E-state index < -0.39 is 0 Å². The summed E-state index contributed by atoms with van der Waals surface area (Å²) in [6, 6.07) is 25.0. The van der Waals surface area contributed by atoms with Crippen LogP contribution in [0.25, 0.3) is 0 Å². The Kier molecular flexibility index (Phi) is 9.73. The van der Waals surface area contributed by atoms with Gasteiger partial charge in [-0.3, -0.25) is 9.59 Å². The van der Waals surface area contributed by atoms with E-state index in [1.807, 2.05) is 56.3 Å². The van der Waals surface area contributed by atoms with Crippen molar-refractivity contribution in [2.24, 2.45) is 5.10 Å². The summed E-state index contributed by atoms with van der Waals surface area (Å²) in [4.78, 5) is 25.2. The molecule has 3 aromatic carbocycles. The summed E-state index contributed by atoms with van der Waals surface area (Å²) < 4.78 is 5.56. The summed E-state index contributed by atoms with van der Waals surface area (Å²) in [5.74, 6) is 0.947. The van der Waals surface area contributed by atoms with E-state index in [1.165, 1.54) is 5.56 Å². The van der Waals surface area contributed by atoms with Crippen LogP contribution in [0.3, 0.4) is 0 Å². The summed E-state index contributed by atoms with van der Waals surface area (Å²) >= 11 is 1.64. The number of benzene rings is 3. The highest BCUT2D eigenvalue weighted by Gasteiger charge is 2.09. The van der Waals surface area contributed by atoms with Gasteiger partial charge in [0.25, 0.3) is 5.91 Å². The van der Waals surface area contributed by atoms with Gasteiger partial charge in [0, 0.05) is 17.1 Å². The van der Waals surface area contributed by atoms with Gasteiger partial charge in [-0.15, -0.1) is 11.8 Å². The van der Waals surface area contributed by atoms with Crippen molar-refractivity contribution in [3.8, 4) is 5.75 Å². The zero-order valence-electron chi connectivity index (χ0n) is 19.4. The molecule has 176 valence electrons. The monoisotopic (exact) mass is 475 g/mol. The van der Waals surface area contributed by atoms with Gasteiger partial charge >= 0.3 is 0 Å². The van der Waals surface area contributed by atoms with Crippen LogP contribution in [0.2, 0.25) is 0 Å². The number of carbonyl (C=O) groups is 2. The molecule has 0 bridgehead atoms. The van der Waals surface area contributed by atoms with E-state index in [9.17, 15) is 9.59 Å². The zero-order valence-corrected chi connectivity index (χ0v) is 20.2. The van der Waals surface area contributed by atoms with Gasteiger partial charge in [0.15, 0.2) is 6.61 Å². The lowest BCUT2D eigenvalue weighted by atomic mass is 10.1. The molecule has 0 aliphatic rings. The number of hydrogen-bond acceptors (Lipinski definition) is 5. The van der Waals surface area contributed by atoms with Gasteiger partial charge in [-0.2, -0.15) is 5.10 Å². The fourth-order valence-corrected chi connectivity index (χ4v) is 3.89. The molecule has 6 nitrogen and oxygen atoms in total.